The number of anilines is 1. The number of para-hydroxylation sites is 1. The Kier molecular flexibility index (Phi) is 2.80. The maximum atomic E-state index is 5.93. The number of aryl methyl sites for hydroxylation is 1. The van der Waals surface area contributed by atoms with Crippen LogP contribution < -0.4 is 10.5 Å². The number of rotatable bonds is 2. The third kappa shape index (κ3) is 2.22. The summed E-state index contributed by atoms with van der Waals surface area (Å²) in [6.07, 6.45) is 1.71. The number of hydrogen-bond donors (Lipinski definition) is 1. The van der Waals surface area contributed by atoms with Crippen LogP contribution in [0.25, 0.3) is 10.9 Å². The first kappa shape index (κ1) is 11.5. The van der Waals surface area contributed by atoms with Crippen molar-refractivity contribution in [3.8, 4) is 11.5 Å². The first-order valence-electron chi connectivity index (χ1n) is 6.12. The second-order valence-corrected chi connectivity index (χ2v) is 4.47. The number of benzene rings is 2. The van der Waals surface area contributed by atoms with Crippen molar-refractivity contribution in [2.45, 2.75) is 6.92 Å². The number of aromatic nitrogens is 1. The van der Waals surface area contributed by atoms with E-state index in [2.05, 4.69) is 4.98 Å². The van der Waals surface area contributed by atoms with Crippen LogP contribution in [-0.2, 0) is 0 Å². The van der Waals surface area contributed by atoms with Crippen LogP contribution in [0.2, 0.25) is 0 Å². The molecule has 3 nitrogen and oxygen atoms in total. The molecule has 0 fully saturated rings. The molecule has 0 amide bonds. The highest BCUT2D eigenvalue weighted by molar-refractivity contribution is 5.93. The first-order valence-corrected chi connectivity index (χ1v) is 6.12. The molecule has 0 aliphatic rings. The summed E-state index contributed by atoms with van der Waals surface area (Å²) in [4.78, 5) is 4.30. The van der Waals surface area contributed by atoms with Gasteiger partial charge in [0, 0.05) is 11.6 Å². The van der Waals surface area contributed by atoms with Gasteiger partial charge in [0.2, 0.25) is 0 Å². The van der Waals surface area contributed by atoms with Gasteiger partial charge in [-0.3, -0.25) is 4.98 Å². The number of fused-ring (bicyclic) bond motifs is 1. The second-order valence-electron chi connectivity index (χ2n) is 4.47. The number of hydrogen-bond acceptors (Lipinski definition) is 3. The molecule has 0 aliphatic carbocycles. The van der Waals surface area contributed by atoms with Gasteiger partial charge in [0.15, 0.2) is 0 Å². The zero-order valence-corrected chi connectivity index (χ0v) is 10.6. The molecule has 2 aromatic carbocycles. The van der Waals surface area contributed by atoms with E-state index >= 15 is 0 Å². The average molecular weight is 250 g/mol. The smallest absolute Gasteiger partial charge is 0.138 e. The summed E-state index contributed by atoms with van der Waals surface area (Å²) in [5.74, 6) is 1.58. The van der Waals surface area contributed by atoms with Gasteiger partial charge in [-0.2, -0.15) is 0 Å². The van der Waals surface area contributed by atoms with Gasteiger partial charge in [-0.05, 0) is 42.8 Å². The molecule has 94 valence electrons. The molecular formula is C16H14N2O. The highest BCUT2D eigenvalue weighted by atomic mass is 16.5. The van der Waals surface area contributed by atoms with Crippen molar-refractivity contribution in [2.75, 3.05) is 5.73 Å². The van der Waals surface area contributed by atoms with Gasteiger partial charge in [0.1, 0.15) is 11.5 Å². The quantitative estimate of drug-likeness (QED) is 0.701. The maximum Gasteiger partial charge on any atom is 0.138 e. The average Bonchev–Trinajstić information content (AvgIpc) is 2.40. The Labute approximate surface area is 111 Å². The third-order valence-electron chi connectivity index (χ3n) is 2.98. The summed E-state index contributed by atoms with van der Waals surface area (Å²) >= 11 is 0. The zero-order valence-electron chi connectivity index (χ0n) is 10.6. The first-order chi connectivity index (χ1) is 9.24. The SMILES string of the molecule is Cc1cccc(Oc2ccnc3c(N)cccc23)c1. The minimum absolute atomic E-state index is 0.659. The molecular weight excluding hydrogens is 236 g/mol. The molecule has 1 heterocycles. The number of pyridine rings is 1. The van der Waals surface area contributed by atoms with E-state index in [1.165, 1.54) is 0 Å². The molecule has 0 aliphatic heterocycles. The molecule has 19 heavy (non-hydrogen) atoms. The van der Waals surface area contributed by atoms with Crippen molar-refractivity contribution in [2.24, 2.45) is 0 Å². The van der Waals surface area contributed by atoms with Gasteiger partial charge < -0.3 is 10.5 Å². The minimum atomic E-state index is 0.659. The van der Waals surface area contributed by atoms with Crippen LogP contribution in [0.5, 0.6) is 11.5 Å². The topological polar surface area (TPSA) is 48.1 Å². The van der Waals surface area contributed by atoms with Crippen molar-refractivity contribution in [3.63, 3.8) is 0 Å². The van der Waals surface area contributed by atoms with Crippen molar-refractivity contribution in [1.29, 1.82) is 0 Å². The van der Waals surface area contributed by atoms with Crippen LogP contribution in [0, 0.1) is 6.92 Å². The lowest BCUT2D eigenvalue weighted by Gasteiger charge is -2.09. The summed E-state index contributed by atoms with van der Waals surface area (Å²) in [6.45, 7) is 2.04. The zero-order chi connectivity index (χ0) is 13.2. The highest BCUT2D eigenvalue weighted by Crippen LogP contribution is 2.31. The predicted octanol–water partition coefficient (Wildman–Crippen LogP) is 3.92. The van der Waals surface area contributed by atoms with E-state index in [0.29, 0.717) is 5.69 Å². The summed E-state index contributed by atoms with van der Waals surface area (Å²) in [5, 5.41) is 0.920. The van der Waals surface area contributed by atoms with Crippen LogP contribution in [0.15, 0.2) is 54.7 Å². The van der Waals surface area contributed by atoms with Crippen molar-refractivity contribution < 1.29 is 4.74 Å². The fourth-order valence-corrected chi connectivity index (χ4v) is 2.07. The summed E-state index contributed by atoms with van der Waals surface area (Å²) < 4.78 is 5.93. The summed E-state index contributed by atoms with van der Waals surface area (Å²) in [6, 6.07) is 15.5. The minimum Gasteiger partial charge on any atom is -0.457 e. The van der Waals surface area contributed by atoms with E-state index < -0.39 is 0 Å². The summed E-state index contributed by atoms with van der Waals surface area (Å²) in [5.41, 5.74) is 8.52. The van der Waals surface area contributed by atoms with E-state index in [4.69, 9.17) is 10.5 Å². The van der Waals surface area contributed by atoms with Crippen LogP contribution >= 0.6 is 0 Å². The monoisotopic (exact) mass is 250 g/mol. The molecule has 3 rings (SSSR count). The van der Waals surface area contributed by atoms with Gasteiger partial charge in [0.05, 0.1) is 11.2 Å². The maximum absolute atomic E-state index is 5.93. The van der Waals surface area contributed by atoms with Crippen LogP contribution in [0.1, 0.15) is 5.56 Å². The van der Waals surface area contributed by atoms with Gasteiger partial charge >= 0.3 is 0 Å². The van der Waals surface area contributed by atoms with E-state index in [0.717, 1.165) is 28.0 Å². The Hall–Kier alpha value is -2.55. The Bertz CT molecular complexity index is 738. The molecule has 2 N–H and O–H groups in total. The number of nitrogen functional groups attached to an aromatic ring is 1. The normalized spacial score (nSPS) is 10.6. The molecule has 0 atom stereocenters. The molecule has 0 radical (unpaired) electrons. The Balaban J connectivity index is 2.08. The fourth-order valence-electron chi connectivity index (χ4n) is 2.07. The largest absolute Gasteiger partial charge is 0.457 e. The standard InChI is InChI=1S/C16H14N2O/c1-11-4-2-5-12(10-11)19-15-8-9-18-16-13(15)6-3-7-14(16)17/h2-10H,17H2,1H3. The molecule has 0 spiro atoms. The van der Waals surface area contributed by atoms with Gasteiger partial charge in [-0.1, -0.05) is 18.2 Å². The molecule has 0 unspecified atom stereocenters. The van der Waals surface area contributed by atoms with Crippen molar-refractivity contribution in [1.82, 2.24) is 4.98 Å². The Morgan fingerprint density at radius 1 is 1.05 bits per heavy atom. The lowest BCUT2D eigenvalue weighted by atomic mass is 10.2. The number of nitrogens with zero attached hydrogens (tertiary/aromatic N) is 1. The molecule has 3 heteroatoms. The number of nitrogens with two attached hydrogens (primary N) is 1. The van der Waals surface area contributed by atoms with Crippen LogP contribution in [-0.4, -0.2) is 4.98 Å². The molecule has 0 saturated heterocycles. The van der Waals surface area contributed by atoms with Crippen molar-refractivity contribution >= 4 is 16.6 Å². The fraction of sp³-hybridized carbons (Fsp3) is 0.0625. The van der Waals surface area contributed by atoms with E-state index in [1.54, 1.807) is 6.20 Å². The molecule has 1 aromatic heterocycles. The third-order valence-corrected chi connectivity index (χ3v) is 2.98. The molecule has 3 aromatic rings. The van der Waals surface area contributed by atoms with Gasteiger partial charge in [0.25, 0.3) is 0 Å². The lowest BCUT2D eigenvalue weighted by Crippen LogP contribution is -1.92. The van der Waals surface area contributed by atoms with Gasteiger partial charge in [-0.15, -0.1) is 0 Å². The van der Waals surface area contributed by atoms with E-state index in [9.17, 15) is 0 Å². The van der Waals surface area contributed by atoms with E-state index in [1.807, 2.05) is 55.5 Å². The highest BCUT2D eigenvalue weighted by Gasteiger charge is 2.06. The summed E-state index contributed by atoms with van der Waals surface area (Å²) in [7, 11) is 0. The second kappa shape index (κ2) is 4.61. The van der Waals surface area contributed by atoms with E-state index in [-0.39, 0.29) is 0 Å². The van der Waals surface area contributed by atoms with Crippen LogP contribution in [0.4, 0.5) is 5.69 Å². The van der Waals surface area contributed by atoms with Gasteiger partial charge in [-0.25, -0.2) is 0 Å². The molecule has 0 bridgehead atoms. The lowest BCUT2D eigenvalue weighted by molar-refractivity contribution is 0.487. The Morgan fingerprint density at radius 3 is 2.74 bits per heavy atom. The van der Waals surface area contributed by atoms with Crippen LogP contribution in [0.3, 0.4) is 0 Å². The molecule has 0 saturated carbocycles. The number of ether oxygens (including phenoxy) is 1. The predicted molar refractivity (Wildman–Crippen MR) is 77.4 cm³/mol. The van der Waals surface area contributed by atoms with Crippen molar-refractivity contribution in [3.05, 3.63) is 60.3 Å². The Morgan fingerprint density at radius 2 is 1.89 bits per heavy atom.